The lowest BCUT2D eigenvalue weighted by atomic mass is 10.7. The van der Waals surface area contributed by atoms with Crippen molar-refractivity contribution in [1.29, 1.82) is 0 Å². The van der Waals surface area contributed by atoms with Gasteiger partial charge >= 0.3 is 0 Å². The van der Waals surface area contributed by atoms with E-state index in [-0.39, 0.29) is 18.2 Å². The third-order valence-corrected chi connectivity index (χ3v) is 4.92. The second-order valence-electron chi connectivity index (χ2n) is 4.07. The van der Waals surface area contributed by atoms with Gasteiger partial charge in [0.2, 0.25) is 0 Å². The Hall–Kier alpha value is -1.20. The van der Waals surface area contributed by atoms with E-state index < -0.39 is 10.0 Å². The fourth-order valence-electron chi connectivity index (χ4n) is 1.75. The maximum Gasteiger partial charge on any atom is 0.260 e. The zero-order chi connectivity index (χ0) is 15.3. The zero-order valence-electron chi connectivity index (χ0n) is 11.8. The number of sulfonamides is 1. The summed E-state index contributed by atoms with van der Waals surface area (Å²) in [6.45, 7) is 1.38. The van der Waals surface area contributed by atoms with Crippen molar-refractivity contribution in [2.24, 2.45) is 0 Å². The molecule has 2 N–H and O–H groups in total. The second-order valence-corrected chi connectivity index (χ2v) is 6.63. The number of hydrogen-bond acceptors (Lipinski definition) is 7. The summed E-state index contributed by atoms with van der Waals surface area (Å²) in [6, 6.07) is 0. The SMILES string of the molecule is CNc1nc2sccn2c1S(=O)(=O)NCCOCCOC. The number of methoxy groups -OCH3 is 1. The molecule has 0 bridgehead atoms. The molecule has 0 saturated carbocycles. The van der Waals surface area contributed by atoms with E-state index in [1.54, 1.807) is 30.1 Å². The molecule has 2 rings (SSSR count). The normalized spacial score (nSPS) is 12.1. The Bertz CT molecular complexity index is 680. The number of ether oxygens (including phenoxy) is 2. The van der Waals surface area contributed by atoms with Crippen LogP contribution in [0.3, 0.4) is 0 Å². The molecule has 10 heteroatoms. The third kappa shape index (κ3) is 3.71. The molecular weight excluding hydrogens is 316 g/mol. The van der Waals surface area contributed by atoms with Gasteiger partial charge in [0, 0.05) is 32.3 Å². The molecule has 0 fully saturated rings. The highest BCUT2D eigenvalue weighted by molar-refractivity contribution is 7.89. The summed E-state index contributed by atoms with van der Waals surface area (Å²) in [5.41, 5.74) is 0. The monoisotopic (exact) mass is 334 g/mol. The van der Waals surface area contributed by atoms with Gasteiger partial charge in [0.05, 0.1) is 19.8 Å². The summed E-state index contributed by atoms with van der Waals surface area (Å²) in [5.74, 6) is 0.328. The highest BCUT2D eigenvalue weighted by Gasteiger charge is 2.24. The highest BCUT2D eigenvalue weighted by Crippen LogP contribution is 2.24. The molecule has 0 aliphatic rings. The predicted octanol–water partition coefficient (Wildman–Crippen LogP) is 0.379. The summed E-state index contributed by atoms with van der Waals surface area (Å²) in [7, 11) is -0.447. The van der Waals surface area contributed by atoms with Gasteiger partial charge in [-0.2, -0.15) is 0 Å². The molecule has 8 nitrogen and oxygen atoms in total. The number of rotatable bonds is 9. The molecule has 0 saturated heterocycles. The number of thiazole rings is 1. The average molecular weight is 334 g/mol. The first-order valence-corrected chi connectivity index (χ1v) is 8.66. The predicted molar refractivity (Wildman–Crippen MR) is 80.5 cm³/mol. The molecule has 0 radical (unpaired) electrons. The molecule has 0 atom stereocenters. The Kier molecular flexibility index (Phi) is 5.53. The molecule has 2 aromatic rings. The number of anilines is 1. The molecule has 2 heterocycles. The summed E-state index contributed by atoms with van der Waals surface area (Å²) in [6.07, 6.45) is 1.68. The van der Waals surface area contributed by atoms with Crippen LogP contribution in [0.15, 0.2) is 16.6 Å². The van der Waals surface area contributed by atoms with E-state index in [0.717, 1.165) is 0 Å². The lowest BCUT2D eigenvalue weighted by molar-refractivity contribution is 0.0736. The standard InChI is InChI=1S/C11H18N4O4S2/c1-12-9-10(15-4-8-20-11(15)14-9)21(16,17)13-3-5-19-7-6-18-2/h4,8,12-13H,3,5-7H2,1-2H3. The van der Waals surface area contributed by atoms with Crippen LogP contribution in [0.25, 0.3) is 4.96 Å². The van der Waals surface area contributed by atoms with Gasteiger partial charge < -0.3 is 14.8 Å². The first-order chi connectivity index (χ1) is 10.1. The molecule has 2 aromatic heterocycles. The lowest BCUT2D eigenvalue weighted by Crippen LogP contribution is -2.29. The Morgan fingerprint density at radius 2 is 2.19 bits per heavy atom. The number of fused-ring (bicyclic) bond motifs is 1. The average Bonchev–Trinajstić information content (AvgIpc) is 3.02. The molecule has 21 heavy (non-hydrogen) atoms. The van der Waals surface area contributed by atoms with Crippen molar-refractivity contribution < 1.29 is 17.9 Å². The van der Waals surface area contributed by atoms with E-state index in [9.17, 15) is 8.42 Å². The minimum Gasteiger partial charge on any atom is -0.382 e. The maximum atomic E-state index is 12.4. The van der Waals surface area contributed by atoms with Crippen LogP contribution in [0, 0.1) is 0 Å². The number of imidazole rings is 1. The Balaban J connectivity index is 2.05. The van der Waals surface area contributed by atoms with E-state index in [0.29, 0.717) is 24.0 Å². The van der Waals surface area contributed by atoms with Gasteiger partial charge in [-0.3, -0.25) is 4.40 Å². The van der Waals surface area contributed by atoms with E-state index in [4.69, 9.17) is 9.47 Å². The summed E-state index contributed by atoms with van der Waals surface area (Å²) in [5, 5.41) is 4.70. The van der Waals surface area contributed by atoms with Gasteiger partial charge in [-0.1, -0.05) is 0 Å². The van der Waals surface area contributed by atoms with Gasteiger partial charge in [0.15, 0.2) is 15.8 Å². The van der Waals surface area contributed by atoms with Crippen molar-refractivity contribution in [1.82, 2.24) is 14.1 Å². The fourth-order valence-corrected chi connectivity index (χ4v) is 3.81. The quantitative estimate of drug-likeness (QED) is 0.644. The Morgan fingerprint density at radius 3 is 2.90 bits per heavy atom. The van der Waals surface area contributed by atoms with Crippen molar-refractivity contribution in [3.8, 4) is 0 Å². The third-order valence-electron chi connectivity index (χ3n) is 2.68. The van der Waals surface area contributed by atoms with Crippen LogP contribution in [0.4, 0.5) is 5.82 Å². The van der Waals surface area contributed by atoms with Crippen LogP contribution in [0.1, 0.15) is 0 Å². The van der Waals surface area contributed by atoms with E-state index >= 15 is 0 Å². The Labute approximate surface area is 127 Å². The number of nitrogens with one attached hydrogen (secondary N) is 2. The number of hydrogen-bond donors (Lipinski definition) is 2. The highest BCUT2D eigenvalue weighted by atomic mass is 32.2. The summed E-state index contributed by atoms with van der Waals surface area (Å²) in [4.78, 5) is 4.85. The fraction of sp³-hybridized carbons (Fsp3) is 0.545. The molecule has 0 spiro atoms. The van der Waals surface area contributed by atoms with Gasteiger partial charge in [-0.15, -0.1) is 11.3 Å². The van der Waals surface area contributed by atoms with Crippen LogP contribution < -0.4 is 10.0 Å². The molecule has 0 amide bonds. The van der Waals surface area contributed by atoms with Crippen LogP contribution in [-0.4, -0.2) is 58.3 Å². The minimum atomic E-state index is -3.67. The van der Waals surface area contributed by atoms with Crippen molar-refractivity contribution in [3.63, 3.8) is 0 Å². The first-order valence-electron chi connectivity index (χ1n) is 6.30. The summed E-state index contributed by atoms with van der Waals surface area (Å²) < 4.78 is 38.9. The van der Waals surface area contributed by atoms with Gasteiger partial charge in [-0.25, -0.2) is 18.1 Å². The van der Waals surface area contributed by atoms with Crippen LogP contribution in [-0.2, 0) is 19.5 Å². The first kappa shape index (κ1) is 16.2. The van der Waals surface area contributed by atoms with Crippen LogP contribution in [0.2, 0.25) is 0 Å². The molecule has 118 valence electrons. The molecule has 0 aromatic carbocycles. The number of aromatic nitrogens is 2. The van der Waals surface area contributed by atoms with Crippen LogP contribution >= 0.6 is 11.3 Å². The Morgan fingerprint density at radius 1 is 1.38 bits per heavy atom. The van der Waals surface area contributed by atoms with E-state index in [1.165, 1.54) is 11.3 Å². The molecular formula is C11H18N4O4S2. The van der Waals surface area contributed by atoms with Crippen molar-refractivity contribution in [2.45, 2.75) is 5.03 Å². The largest absolute Gasteiger partial charge is 0.382 e. The van der Waals surface area contributed by atoms with Gasteiger partial charge in [0.1, 0.15) is 0 Å². The van der Waals surface area contributed by atoms with Gasteiger partial charge in [-0.05, 0) is 0 Å². The molecule has 0 unspecified atom stereocenters. The van der Waals surface area contributed by atoms with Crippen molar-refractivity contribution in [2.75, 3.05) is 45.8 Å². The van der Waals surface area contributed by atoms with Crippen molar-refractivity contribution in [3.05, 3.63) is 11.6 Å². The van der Waals surface area contributed by atoms with Crippen LogP contribution in [0.5, 0.6) is 0 Å². The second kappa shape index (κ2) is 7.18. The lowest BCUT2D eigenvalue weighted by Gasteiger charge is -2.08. The van der Waals surface area contributed by atoms with E-state index in [2.05, 4.69) is 15.0 Å². The zero-order valence-corrected chi connectivity index (χ0v) is 13.5. The number of nitrogens with zero attached hydrogens (tertiary/aromatic N) is 2. The summed E-state index contributed by atoms with van der Waals surface area (Å²) >= 11 is 1.37. The topological polar surface area (TPSA) is 94.0 Å². The maximum absolute atomic E-state index is 12.4. The van der Waals surface area contributed by atoms with Gasteiger partial charge in [0.25, 0.3) is 10.0 Å². The molecule has 0 aliphatic carbocycles. The molecule has 0 aliphatic heterocycles. The smallest absolute Gasteiger partial charge is 0.260 e. The minimum absolute atomic E-state index is 0.109. The van der Waals surface area contributed by atoms with E-state index in [1.807, 2.05) is 0 Å². The van der Waals surface area contributed by atoms with Crippen molar-refractivity contribution >= 4 is 32.1 Å².